The Morgan fingerprint density at radius 2 is 1.94 bits per heavy atom. The summed E-state index contributed by atoms with van der Waals surface area (Å²) in [7, 11) is 0. The maximum Gasteiger partial charge on any atom is 0.278 e. The van der Waals surface area contributed by atoms with Crippen molar-refractivity contribution in [2.75, 3.05) is 5.32 Å². The van der Waals surface area contributed by atoms with Crippen LogP contribution in [0.15, 0.2) is 66.1 Å². The normalized spacial score (nSPS) is 10.8. The van der Waals surface area contributed by atoms with Crippen LogP contribution in [-0.2, 0) is 5.75 Å². The number of carbonyl (C=O) groups excluding carboxylic acids is 1. The highest BCUT2D eigenvalue weighted by Crippen LogP contribution is 2.26. The van der Waals surface area contributed by atoms with E-state index < -0.39 is 11.7 Å². The van der Waals surface area contributed by atoms with E-state index in [2.05, 4.69) is 25.6 Å². The second-order valence-corrected chi connectivity index (χ2v) is 7.83. The van der Waals surface area contributed by atoms with E-state index in [9.17, 15) is 9.18 Å². The van der Waals surface area contributed by atoms with Crippen LogP contribution in [0.2, 0.25) is 5.02 Å². The number of carbonyl (C=O) groups is 1. The molecule has 2 aromatic heterocycles. The first kappa shape index (κ1) is 21.0. The minimum atomic E-state index is -0.570. The predicted molar refractivity (Wildman–Crippen MR) is 117 cm³/mol. The average molecular weight is 455 g/mol. The predicted octanol–water partition coefficient (Wildman–Crippen LogP) is 4.70. The molecular weight excluding hydrogens is 439 g/mol. The summed E-state index contributed by atoms with van der Waals surface area (Å²) in [5.41, 5.74) is 2.20. The quantitative estimate of drug-likeness (QED) is 0.335. The summed E-state index contributed by atoms with van der Waals surface area (Å²) in [6, 6.07) is 13.1. The topological polar surface area (TPSA) is 85.6 Å². The van der Waals surface area contributed by atoms with Gasteiger partial charge in [-0.15, -0.1) is 5.10 Å². The molecule has 31 heavy (non-hydrogen) atoms. The molecule has 0 spiro atoms. The Kier molecular flexibility index (Phi) is 6.24. The molecule has 2 aromatic carbocycles. The van der Waals surface area contributed by atoms with Gasteiger partial charge >= 0.3 is 0 Å². The number of aryl methyl sites for hydroxylation is 1. The van der Waals surface area contributed by atoms with E-state index in [0.717, 1.165) is 5.56 Å². The van der Waals surface area contributed by atoms with Crippen LogP contribution in [0.1, 0.15) is 21.7 Å². The third-order valence-corrected chi connectivity index (χ3v) is 5.67. The largest absolute Gasteiger partial charge is 0.318 e. The molecular formula is C21H16ClFN6OS. The maximum atomic E-state index is 14.0. The smallest absolute Gasteiger partial charge is 0.278 e. The number of hydrogen-bond donors (Lipinski definition) is 1. The minimum absolute atomic E-state index is 0.0606. The first-order valence-corrected chi connectivity index (χ1v) is 10.6. The van der Waals surface area contributed by atoms with Crippen molar-refractivity contribution in [3.8, 4) is 5.69 Å². The molecule has 2 heterocycles. The molecule has 0 aliphatic rings. The first-order chi connectivity index (χ1) is 15.0. The summed E-state index contributed by atoms with van der Waals surface area (Å²) in [6.45, 7) is 1.89. The molecule has 156 valence electrons. The van der Waals surface area contributed by atoms with E-state index in [4.69, 9.17) is 11.6 Å². The number of hydrogen-bond acceptors (Lipinski definition) is 6. The number of aromatic nitrogens is 5. The number of rotatable bonds is 6. The van der Waals surface area contributed by atoms with E-state index >= 15 is 0 Å². The van der Waals surface area contributed by atoms with Gasteiger partial charge in [0.2, 0.25) is 0 Å². The second kappa shape index (κ2) is 9.23. The van der Waals surface area contributed by atoms with Crippen LogP contribution < -0.4 is 5.32 Å². The highest BCUT2D eigenvalue weighted by Gasteiger charge is 2.22. The van der Waals surface area contributed by atoms with Crippen molar-refractivity contribution in [1.82, 2.24) is 25.0 Å². The standard InChI is InChI=1S/C21H16ClFN6OS/c1-13-7-8-14(11-15(13)22)29-18(12-31-21-24-9-4-10-25-21)19(27-28-29)20(30)26-17-6-3-2-5-16(17)23/h2-11H,12H2,1H3,(H,26,30). The monoisotopic (exact) mass is 454 g/mol. The molecule has 1 N–H and O–H groups in total. The Hall–Kier alpha value is -3.30. The maximum absolute atomic E-state index is 14.0. The van der Waals surface area contributed by atoms with Gasteiger partial charge in [-0.25, -0.2) is 19.0 Å². The summed E-state index contributed by atoms with van der Waals surface area (Å²) >= 11 is 7.60. The number of thioether (sulfide) groups is 1. The van der Waals surface area contributed by atoms with Crippen LogP contribution >= 0.6 is 23.4 Å². The van der Waals surface area contributed by atoms with Crippen LogP contribution in [0.25, 0.3) is 5.69 Å². The zero-order valence-electron chi connectivity index (χ0n) is 16.3. The van der Waals surface area contributed by atoms with Crippen molar-refractivity contribution in [1.29, 1.82) is 0 Å². The van der Waals surface area contributed by atoms with Crippen molar-refractivity contribution in [2.24, 2.45) is 0 Å². The summed E-state index contributed by atoms with van der Waals surface area (Å²) in [4.78, 5) is 21.3. The number of nitrogens with zero attached hydrogens (tertiary/aromatic N) is 5. The van der Waals surface area contributed by atoms with Gasteiger partial charge in [0, 0.05) is 23.2 Å². The fourth-order valence-electron chi connectivity index (χ4n) is 2.77. The van der Waals surface area contributed by atoms with E-state index in [1.165, 1.54) is 28.6 Å². The van der Waals surface area contributed by atoms with Crippen molar-refractivity contribution in [3.05, 3.63) is 88.7 Å². The van der Waals surface area contributed by atoms with E-state index in [-0.39, 0.29) is 11.4 Å². The summed E-state index contributed by atoms with van der Waals surface area (Å²) in [6.07, 6.45) is 3.27. The van der Waals surface area contributed by atoms with Crippen LogP contribution in [0.4, 0.5) is 10.1 Å². The van der Waals surface area contributed by atoms with Gasteiger partial charge in [-0.2, -0.15) is 0 Å². The molecule has 0 bridgehead atoms. The van der Waals surface area contributed by atoms with Crippen LogP contribution in [-0.4, -0.2) is 30.9 Å². The Morgan fingerprint density at radius 1 is 1.16 bits per heavy atom. The fraction of sp³-hybridized carbons (Fsp3) is 0.0952. The molecule has 7 nitrogen and oxygen atoms in total. The molecule has 1 amide bonds. The van der Waals surface area contributed by atoms with Gasteiger partial charge in [-0.3, -0.25) is 4.79 Å². The molecule has 0 saturated heterocycles. The molecule has 0 unspecified atom stereocenters. The SMILES string of the molecule is Cc1ccc(-n2nnc(C(=O)Nc3ccccc3F)c2CSc2ncccn2)cc1Cl. The number of para-hydroxylation sites is 1. The van der Waals surface area contributed by atoms with Gasteiger partial charge in [-0.05, 0) is 42.8 Å². The summed E-state index contributed by atoms with van der Waals surface area (Å²) in [5.74, 6) is -0.802. The Bertz CT molecular complexity index is 1230. The van der Waals surface area contributed by atoms with Crippen molar-refractivity contribution < 1.29 is 9.18 Å². The van der Waals surface area contributed by atoms with E-state index in [1.54, 1.807) is 36.7 Å². The average Bonchev–Trinajstić information content (AvgIpc) is 3.20. The summed E-state index contributed by atoms with van der Waals surface area (Å²) < 4.78 is 15.5. The number of amides is 1. The molecule has 10 heteroatoms. The Morgan fingerprint density at radius 3 is 2.68 bits per heavy atom. The van der Waals surface area contributed by atoms with Crippen molar-refractivity contribution >= 4 is 35.0 Å². The minimum Gasteiger partial charge on any atom is -0.318 e. The lowest BCUT2D eigenvalue weighted by atomic mass is 10.2. The molecule has 0 fully saturated rings. The molecule has 4 rings (SSSR count). The van der Waals surface area contributed by atoms with Gasteiger partial charge in [0.25, 0.3) is 5.91 Å². The highest BCUT2D eigenvalue weighted by atomic mass is 35.5. The lowest BCUT2D eigenvalue weighted by Crippen LogP contribution is -2.16. The molecule has 0 aliphatic heterocycles. The van der Waals surface area contributed by atoms with Crippen LogP contribution in [0.5, 0.6) is 0 Å². The van der Waals surface area contributed by atoms with E-state index in [0.29, 0.717) is 27.3 Å². The lowest BCUT2D eigenvalue weighted by Gasteiger charge is -2.09. The molecule has 0 atom stereocenters. The number of benzene rings is 2. The van der Waals surface area contributed by atoms with Crippen LogP contribution in [0.3, 0.4) is 0 Å². The zero-order valence-corrected chi connectivity index (χ0v) is 17.9. The highest BCUT2D eigenvalue weighted by molar-refractivity contribution is 7.98. The molecule has 0 saturated carbocycles. The Balaban J connectivity index is 1.70. The van der Waals surface area contributed by atoms with Gasteiger partial charge in [0.15, 0.2) is 10.9 Å². The van der Waals surface area contributed by atoms with Crippen molar-refractivity contribution in [2.45, 2.75) is 17.8 Å². The zero-order chi connectivity index (χ0) is 21.8. The van der Waals surface area contributed by atoms with E-state index in [1.807, 2.05) is 19.1 Å². The third-order valence-electron chi connectivity index (χ3n) is 4.38. The van der Waals surface area contributed by atoms with Crippen LogP contribution in [0, 0.1) is 12.7 Å². The van der Waals surface area contributed by atoms with Gasteiger partial charge < -0.3 is 5.32 Å². The summed E-state index contributed by atoms with van der Waals surface area (Å²) in [5, 5.41) is 11.9. The molecule has 0 aliphatic carbocycles. The van der Waals surface area contributed by atoms with Gasteiger partial charge in [-0.1, -0.05) is 46.8 Å². The number of nitrogens with one attached hydrogen (secondary N) is 1. The van der Waals surface area contributed by atoms with Gasteiger partial charge in [0.1, 0.15) is 5.82 Å². The molecule has 4 aromatic rings. The van der Waals surface area contributed by atoms with Gasteiger partial charge in [0.05, 0.1) is 17.1 Å². The first-order valence-electron chi connectivity index (χ1n) is 9.19. The fourth-order valence-corrected chi connectivity index (χ4v) is 3.74. The molecule has 0 radical (unpaired) electrons. The Labute approximate surface area is 186 Å². The van der Waals surface area contributed by atoms with Crippen molar-refractivity contribution in [3.63, 3.8) is 0 Å². The lowest BCUT2D eigenvalue weighted by molar-refractivity contribution is 0.102. The third kappa shape index (κ3) is 4.73. The number of halogens is 2. The second-order valence-electron chi connectivity index (χ2n) is 6.48. The number of anilines is 1.